The minimum absolute atomic E-state index is 0.00424. The average molecular weight is 391 g/mol. The summed E-state index contributed by atoms with van der Waals surface area (Å²) in [4.78, 5) is 38.9. The highest BCUT2D eigenvalue weighted by molar-refractivity contribution is 5.92. The molecule has 0 atom stereocenters. The molecule has 0 radical (unpaired) electrons. The lowest BCUT2D eigenvalue weighted by Gasteiger charge is -2.34. The maximum atomic E-state index is 12.2. The topological polar surface area (TPSA) is 108 Å². The van der Waals surface area contributed by atoms with Crippen molar-refractivity contribution in [1.82, 2.24) is 15.1 Å². The van der Waals surface area contributed by atoms with Gasteiger partial charge in [-0.05, 0) is 26.8 Å². The van der Waals surface area contributed by atoms with E-state index >= 15 is 0 Å². The fourth-order valence-electron chi connectivity index (χ4n) is 3.17. The molecule has 1 aliphatic rings. The molecule has 1 aromatic carbocycles. The summed E-state index contributed by atoms with van der Waals surface area (Å²) in [5.41, 5.74) is 0.921. The number of benzene rings is 1. The van der Waals surface area contributed by atoms with Gasteiger partial charge in [-0.15, -0.1) is 0 Å². The Balaban J connectivity index is 1.74. The van der Waals surface area contributed by atoms with Crippen molar-refractivity contribution in [2.45, 2.75) is 33.2 Å². The first kappa shape index (κ1) is 21.8. The monoisotopic (exact) mass is 391 g/mol. The lowest BCUT2D eigenvalue weighted by atomic mass is 10.1. The molecule has 2 amide bonds. The van der Waals surface area contributed by atoms with E-state index in [2.05, 4.69) is 20.4 Å². The first-order valence-corrected chi connectivity index (χ1v) is 9.54. The van der Waals surface area contributed by atoms with E-state index in [0.717, 1.165) is 26.2 Å². The molecule has 2 rings (SSSR count). The number of carbonyl (C=O) groups is 2. The maximum absolute atomic E-state index is 12.2. The third-order valence-electron chi connectivity index (χ3n) is 4.71. The van der Waals surface area contributed by atoms with Crippen molar-refractivity contribution in [2.24, 2.45) is 0 Å². The second-order valence-electron chi connectivity index (χ2n) is 7.34. The molecule has 1 aliphatic heterocycles. The number of anilines is 1. The highest BCUT2D eigenvalue weighted by Gasteiger charge is 2.20. The summed E-state index contributed by atoms with van der Waals surface area (Å²) < 4.78 is 0. The summed E-state index contributed by atoms with van der Waals surface area (Å²) in [5, 5.41) is 16.7. The Morgan fingerprint density at radius 3 is 2.39 bits per heavy atom. The molecule has 0 unspecified atom stereocenters. The smallest absolute Gasteiger partial charge is 0.274 e. The van der Waals surface area contributed by atoms with Crippen molar-refractivity contribution in [3.8, 4) is 0 Å². The molecule has 1 fully saturated rings. The van der Waals surface area contributed by atoms with Crippen LogP contribution in [0.25, 0.3) is 0 Å². The predicted molar refractivity (Wildman–Crippen MR) is 107 cm³/mol. The van der Waals surface area contributed by atoms with E-state index in [1.807, 2.05) is 13.8 Å². The van der Waals surface area contributed by atoms with Gasteiger partial charge in [-0.3, -0.25) is 24.6 Å². The molecule has 9 heteroatoms. The summed E-state index contributed by atoms with van der Waals surface area (Å²) in [6.07, 6.45) is 0.315. The average Bonchev–Trinajstić information content (AvgIpc) is 2.62. The first-order chi connectivity index (χ1) is 13.3. The van der Waals surface area contributed by atoms with E-state index in [9.17, 15) is 19.7 Å². The van der Waals surface area contributed by atoms with Gasteiger partial charge in [0.25, 0.3) is 5.69 Å². The number of piperazine rings is 1. The molecule has 1 aromatic rings. The van der Waals surface area contributed by atoms with Crippen LogP contribution >= 0.6 is 0 Å². The van der Waals surface area contributed by atoms with Crippen molar-refractivity contribution in [3.05, 3.63) is 33.9 Å². The summed E-state index contributed by atoms with van der Waals surface area (Å²) in [5.74, 6) is -0.127. The van der Waals surface area contributed by atoms with Gasteiger partial charge in [0.2, 0.25) is 11.8 Å². The van der Waals surface area contributed by atoms with Gasteiger partial charge in [-0.25, -0.2) is 0 Å². The van der Waals surface area contributed by atoms with E-state index in [4.69, 9.17) is 0 Å². The van der Waals surface area contributed by atoms with Crippen LogP contribution in [0.1, 0.15) is 25.8 Å². The van der Waals surface area contributed by atoms with Crippen LogP contribution in [-0.4, -0.2) is 71.8 Å². The summed E-state index contributed by atoms with van der Waals surface area (Å²) in [6, 6.07) is 4.80. The van der Waals surface area contributed by atoms with Gasteiger partial charge in [-0.2, -0.15) is 0 Å². The third-order valence-corrected chi connectivity index (χ3v) is 4.71. The molecule has 0 spiro atoms. The molecule has 2 N–H and O–H groups in total. The zero-order valence-corrected chi connectivity index (χ0v) is 16.7. The first-order valence-electron chi connectivity index (χ1n) is 9.54. The van der Waals surface area contributed by atoms with Crippen molar-refractivity contribution in [3.63, 3.8) is 0 Å². The van der Waals surface area contributed by atoms with Crippen LogP contribution < -0.4 is 10.6 Å². The van der Waals surface area contributed by atoms with E-state index in [1.165, 1.54) is 6.07 Å². The summed E-state index contributed by atoms with van der Waals surface area (Å²) in [6.45, 7) is 9.71. The van der Waals surface area contributed by atoms with Crippen molar-refractivity contribution >= 4 is 23.2 Å². The van der Waals surface area contributed by atoms with Crippen LogP contribution in [0.3, 0.4) is 0 Å². The molecular weight excluding hydrogens is 362 g/mol. The van der Waals surface area contributed by atoms with Gasteiger partial charge in [0, 0.05) is 51.3 Å². The Bertz CT molecular complexity index is 714. The number of hydrogen-bond donors (Lipinski definition) is 2. The number of hydrogen-bond acceptors (Lipinski definition) is 6. The largest absolute Gasteiger partial charge is 0.353 e. The molecule has 0 saturated carbocycles. The predicted octanol–water partition coefficient (Wildman–Crippen LogP) is 1.37. The van der Waals surface area contributed by atoms with Gasteiger partial charge in [0.15, 0.2) is 0 Å². The molecule has 0 aromatic heterocycles. The second kappa shape index (κ2) is 10.1. The van der Waals surface area contributed by atoms with Crippen LogP contribution in [0.4, 0.5) is 11.4 Å². The molecule has 1 heterocycles. The van der Waals surface area contributed by atoms with Gasteiger partial charge >= 0.3 is 0 Å². The third kappa shape index (κ3) is 6.58. The fourth-order valence-corrected chi connectivity index (χ4v) is 3.17. The zero-order valence-electron chi connectivity index (χ0n) is 16.7. The molecule has 0 aliphatic carbocycles. The number of nitro groups is 1. The quantitative estimate of drug-likeness (QED) is 0.512. The van der Waals surface area contributed by atoms with Gasteiger partial charge < -0.3 is 15.5 Å². The highest BCUT2D eigenvalue weighted by Crippen LogP contribution is 2.25. The maximum Gasteiger partial charge on any atom is 0.274 e. The number of rotatable bonds is 8. The van der Waals surface area contributed by atoms with E-state index in [-0.39, 0.29) is 23.5 Å². The van der Waals surface area contributed by atoms with Crippen LogP contribution in [0.5, 0.6) is 0 Å². The number of amides is 2. The molecular formula is C19H29N5O4. The lowest BCUT2D eigenvalue weighted by molar-refractivity contribution is -0.385. The van der Waals surface area contributed by atoms with E-state index in [1.54, 1.807) is 19.1 Å². The van der Waals surface area contributed by atoms with Crippen LogP contribution in [0.2, 0.25) is 0 Å². The number of carbonyl (C=O) groups excluding carboxylic acids is 2. The Hall–Kier alpha value is -2.52. The van der Waals surface area contributed by atoms with E-state index in [0.29, 0.717) is 30.8 Å². The summed E-state index contributed by atoms with van der Waals surface area (Å²) >= 11 is 0. The minimum atomic E-state index is -0.452. The van der Waals surface area contributed by atoms with Crippen LogP contribution in [0.15, 0.2) is 18.2 Å². The molecule has 1 saturated heterocycles. The molecule has 28 heavy (non-hydrogen) atoms. The Kier molecular flexibility index (Phi) is 7.89. The molecule has 9 nitrogen and oxygen atoms in total. The molecule has 0 bridgehead atoms. The highest BCUT2D eigenvalue weighted by atomic mass is 16.6. The Labute approximate surface area is 165 Å². The SMILES string of the molecule is Cc1c(NC(=O)CCN2CCN(CC(=O)NC(C)C)CC2)cccc1[N+](=O)[O-]. The standard InChI is InChI=1S/C19H29N5O4/c1-14(2)20-19(26)13-23-11-9-22(10-12-23)8-7-18(25)21-16-5-4-6-17(15(16)3)24(27)28/h4-6,14H,7-13H2,1-3H3,(H,20,26)(H,21,25). The number of nitrogens with one attached hydrogen (secondary N) is 2. The van der Waals surface area contributed by atoms with Crippen LogP contribution in [-0.2, 0) is 9.59 Å². The normalized spacial score (nSPS) is 15.4. The van der Waals surface area contributed by atoms with E-state index < -0.39 is 4.92 Å². The Morgan fingerprint density at radius 1 is 1.14 bits per heavy atom. The summed E-state index contributed by atoms with van der Waals surface area (Å²) in [7, 11) is 0. The van der Waals surface area contributed by atoms with Gasteiger partial charge in [-0.1, -0.05) is 6.07 Å². The van der Waals surface area contributed by atoms with Crippen LogP contribution in [0, 0.1) is 17.0 Å². The number of nitrogens with zero attached hydrogens (tertiary/aromatic N) is 3. The Morgan fingerprint density at radius 2 is 1.79 bits per heavy atom. The minimum Gasteiger partial charge on any atom is -0.353 e. The van der Waals surface area contributed by atoms with Crippen molar-refractivity contribution in [2.75, 3.05) is 44.6 Å². The van der Waals surface area contributed by atoms with Gasteiger partial charge in [0.05, 0.1) is 22.7 Å². The second-order valence-corrected chi connectivity index (χ2v) is 7.34. The zero-order chi connectivity index (χ0) is 20.7. The lowest BCUT2D eigenvalue weighted by Crippen LogP contribution is -2.50. The van der Waals surface area contributed by atoms with Crippen molar-refractivity contribution < 1.29 is 14.5 Å². The molecule has 154 valence electrons. The van der Waals surface area contributed by atoms with Crippen molar-refractivity contribution in [1.29, 1.82) is 0 Å². The van der Waals surface area contributed by atoms with Gasteiger partial charge in [0.1, 0.15) is 0 Å². The fraction of sp³-hybridized carbons (Fsp3) is 0.579. The number of nitro benzene ring substituents is 1.